The monoisotopic (exact) mass is 960 g/mol. The molecule has 2 aliphatic rings. The fourth-order valence-corrected chi connectivity index (χ4v) is 8.57. The number of esters is 2. The van der Waals surface area contributed by atoms with Gasteiger partial charge in [-0.3, -0.25) is 42.4 Å². The molecule has 4 amide bonds. The van der Waals surface area contributed by atoms with Crippen LogP contribution in [0.4, 0.5) is 8.78 Å². The zero-order valence-corrected chi connectivity index (χ0v) is 40.8. The van der Waals surface area contributed by atoms with Gasteiger partial charge in [-0.15, -0.1) is 0 Å². The number of allylic oxidation sites excluding steroid dienone is 1. The molecule has 1 heterocycles. The van der Waals surface area contributed by atoms with Crippen LogP contribution in [0.1, 0.15) is 118 Å². The topological polar surface area (TPSA) is 219 Å². The second-order valence-corrected chi connectivity index (χ2v) is 21.3. The third-order valence-corrected chi connectivity index (χ3v) is 13.4. The fourth-order valence-electron chi connectivity index (χ4n) is 7.32. The lowest BCUT2D eigenvalue weighted by molar-refractivity contribution is -0.163. The van der Waals surface area contributed by atoms with Gasteiger partial charge in [0.2, 0.25) is 37.2 Å². The summed E-state index contributed by atoms with van der Waals surface area (Å²) in [6.07, 6.45) is 3.33. The van der Waals surface area contributed by atoms with Crippen molar-refractivity contribution < 1.29 is 65.4 Å². The van der Waals surface area contributed by atoms with Crippen molar-refractivity contribution in [2.75, 3.05) is 20.1 Å². The van der Waals surface area contributed by atoms with Crippen molar-refractivity contribution in [3.63, 3.8) is 0 Å². The molecular weight excluding hydrogens is 894 g/mol. The Morgan fingerprint density at radius 1 is 0.881 bits per heavy atom. The number of fused-ring (bicyclic) bond motifs is 1. The van der Waals surface area contributed by atoms with E-state index in [0.29, 0.717) is 30.5 Å². The maximum Gasteiger partial charge on any atom is 0.410 e. The standard InChI is InChI=1S/C48H67F2N4O12P/c1-10-11-17-38(43(58)54-26-34-25-36(34)41(54)42(57)53-37(22-23-39(51)55)31(3)62-27-32-15-13-12-14-16-32)52-40(56)24-30(2)33-18-20-35(21-19-33)48(49,50)67(61,65-28-63-44(59)46(4,5)6)66-29-64-45(60)47(7,8)9/h12-16,18-21,24,31,34,36-38,41H,10-11,17,22-23,25-29H2,1-9H3,(H2,51,55)(H,52,56)(H,53,57)/b30-24+/t31-,34-,36-,37+,38+,41+/m1/s1. The van der Waals surface area contributed by atoms with Crippen LogP contribution in [0.25, 0.3) is 5.57 Å². The average molecular weight is 961 g/mol. The van der Waals surface area contributed by atoms with E-state index in [0.717, 1.165) is 30.5 Å². The van der Waals surface area contributed by atoms with Gasteiger partial charge in [0.15, 0.2) is 0 Å². The number of hydrogen-bond donors (Lipinski definition) is 3. The predicted octanol–water partition coefficient (Wildman–Crippen LogP) is 7.34. The Balaban J connectivity index is 1.47. The Kier molecular flexibility index (Phi) is 19.0. The minimum atomic E-state index is -5.56. The fraction of sp³-hybridized carbons (Fsp3) is 0.583. The molecule has 370 valence electrons. The Bertz CT molecular complexity index is 2110. The van der Waals surface area contributed by atoms with Crippen LogP contribution >= 0.6 is 7.60 Å². The SMILES string of the molecule is CCCC[C@H](NC(=O)/C=C(\C)c1ccc(C(F)(F)P(=O)(OCOC(=O)C(C)(C)C)OCOC(=O)C(C)(C)C)cc1)C(=O)N1C[C@H]2C[C@H]2[C@H]1C(=O)N[C@@H](CCC(N)=O)[C@@H](C)OCc1ccccc1. The van der Waals surface area contributed by atoms with Crippen LogP contribution in [-0.4, -0.2) is 84.8 Å². The third-order valence-electron chi connectivity index (χ3n) is 11.5. The molecule has 4 rings (SSSR count). The van der Waals surface area contributed by atoms with Gasteiger partial charge in [-0.25, -0.2) is 0 Å². The first-order valence-electron chi connectivity index (χ1n) is 22.5. The lowest BCUT2D eigenvalue weighted by Gasteiger charge is -2.33. The highest BCUT2D eigenvalue weighted by molar-refractivity contribution is 7.54. The molecule has 1 saturated carbocycles. The Labute approximate surface area is 391 Å². The van der Waals surface area contributed by atoms with Crippen molar-refractivity contribution >= 4 is 48.7 Å². The molecule has 16 nitrogen and oxygen atoms in total. The first kappa shape index (κ1) is 54.6. The smallest absolute Gasteiger partial charge is 0.410 e. The number of carbonyl (C=O) groups is 6. The van der Waals surface area contributed by atoms with E-state index in [1.165, 1.54) is 64.7 Å². The maximum atomic E-state index is 16.1. The van der Waals surface area contributed by atoms with E-state index in [-0.39, 0.29) is 37.2 Å². The van der Waals surface area contributed by atoms with E-state index in [9.17, 15) is 33.3 Å². The number of halogens is 2. The third kappa shape index (κ3) is 15.2. The van der Waals surface area contributed by atoms with Crippen LogP contribution in [0.5, 0.6) is 0 Å². The molecule has 1 saturated heterocycles. The van der Waals surface area contributed by atoms with Gasteiger partial charge in [0.25, 0.3) is 0 Å². The van der Waals surface area contributed by atoms with E-state index >= 15 is 8.78 Å². The maximum absolute atomic E-state index is 16.1. The summed E-state index contributed by atoms with van der Waals surface area (Å²) in [6, 6.07) is 11.6. The number of unbranched alkanes of at least 4 members (excludes halogenated alkanes) is 1. The quantitative estimate of drug-likeness (QED) is 0.0408. The Morgan fingerprint density at radius 3 is 2.00 bits per heavy atom. The average Bonchev–Trinajstić information content (AvgIpc) is 3.92. The number of nitrogens with zero attached hydrogens (tertiary/aromatic N) is 1. The number of piperidine rings is 1. The van der Waals surface area contributed by atoms with Gasteiger partial charge in [-0.2, -0.15) is 8.78 Å². The van der Waals surface area contributed by atoms with Crippen molar-refractivity contribution in [1.82, 2.24) is 15.5 Å². The van der Waals surface area contributed by atoms with Crippen LogP contribution in [0.2, 0.25) is 0 Å². The van der Waals surface area contributed by atoms with E-state index < -0.39 is 97.1 Å². The molecule has 0 aromatic heterocycles. The van der Waals surface area contributed by atoms with Crippen molar-refractivity contribution in [2.24, 2.45) is 28.4 Å². The number of carbonyl (C=O) groups excluding carboxylic acids is 6. The minimum absolute atomic E-state index is 0.0137. The van der Waals surface area contributed by atoms with E-state index in [4.69, 9.17) is 29.0 Å². The lowest BCUT2D eigenvalue weighted by Crippen LogP contribution is -2.57. The largest absolute Gasteiger partial charge is 0.438 e. The van der Waals surface area contributed by atoms with Crippen LogP contribution in [-0.2, 0) is 68.9 Å². The predicted molar refractivity (Wildman–Crippen MR) is 244 cm³/mol. The van der Waals surface area contributed by atoms with Crippen molar-refractivity contribution in [2.45, 2.75) is 137 Å². The normalized spacial score (nSPS) is 18.8. The summed E-state index contributed by atoms with van der Waals surface area (Å²) in [5.41, 5.74) is -0.168. The number of amides is 4. The number of nitrogens with one attached hydrogen (secondary N) is 2. The summed E-state index contributed by atoms with van der Waals surface area (Å²) < 4.78 is 71.8. The van der Waals surface area contributed by atoms with Gasteiger partial charge in [0.05, 0.1) is 29.6 Å². The molecule has 6 atom stereocenters. The highest BCUT2D eigenvalue weighted by Crippen LogP contribution is 2.67. The number of likely N-dealkylation sites (tertiary alicyclic amines) is 1. The number of benzene rings is 2. The van der Waals surface area contributed by atoms with E-state index in [1.807, 2.05) is 37.3 Å². The van der Waals surface area contributed by atoms with E-state index in [1.54, 1.807) is 13.8 Å². The van der Waals surface area contributed by atoms with Crippen molar-refractivity contribution in [3.05, 3.63) is 77.4 Å². The second-order valence-electron chi connectivity index (χ2n) is 19.2. The molecule has 1 aliphatic heterocycles. The molecule has 2 aromatic carbocycles. The summed E-state index contributed by atoms with van der Waals surface area (Å²) in [6.45, 7) is 12.7. The van der Waals surface area contributed by atoms with Gasteiger partial charge < -0.3 is 35.5 Å². The molecule has 1 aliphatic carbocycles. The minimum Gasteiger partial charge on any atom is -0.438 e. The first-order valence-corrected chi connectivity index (χ1v) is 24.1. The van der Waals surface area contributed by atoms with Crippen molar-refractivity contribution in [1.29, 1.82) is 0 Å². The number of ether oxygens (including phenoxy) is 3. The Hall–Kier alpha value is -5.03. The van der Waals surface area contributed by atoms with Crippen LogP contribution in [0.3, 0.4) is 0 Å². The summed E-state index contributed by atoms with van der Waals surface area (Å²) >= 11 is 0. The van der Waals surface area contributed by atoms with Gasteiger partial charge in [0, 0.05) is 24.6 Å². The van der Waals surface area contributed by atoms with Gasteiger partial charge in [-0.05, 0) is 103 Å². The summed E-state index contributed by atoms with van der Waals surface area (Å²) in [4.78, 5) is 79.7. The molecule has 2 fully saturated rings. The lowest BCUT2D eigenvalue weighted by atomic mass is 9.98. The molecule has 0 bridgehead atoms. The number of nitrogens with two attached hydrogens (primary N) is 1. The molecule has 19 heteroatoms. The number of alkyl halides is 2. The second kappa shape index (κ2) is 23.3. The van der Waals surface area contributed by atoms with Crippen LogP contribution in [0.15, 0.2) is 60.7 Å². The van der Waals surface area contributed by atoms with Crippen molar-refractivity contribution in [3.8, 4) is 0 Å². The zero-order chi connectivity index (χ0) is 49.9. The van der Waals surface area contributed by atoms with Gasteiger partial charge in [0.1, 0.15) is 12.1 Å². The molecule has 67 heavy (non-hydrogen) atoms. The molecular formula is C48H67F2N4O12P. The number of hydrogen-bond acceptors (Lipinski definition) is 12. The molecule has 0 spiro atoms. The van der Waals surface area contributed by atoms with E-state index in [2.05, 4.69) is 10.6 Å². The van der Waals surface area contributed by atoms with Gasteiger partial charge >= 0.3 is 25.2 Å². The summed E-state index contributed by atoms with van der Waals surface area (Å²) in [7, 11) is -5.56. The number of primary amides is 1. The Morgan fingerprint density at radius 2 is 1.46 bits per heavy atom. The molecule has 0 unspecified atom stereocenters. The first-order chi connectivity index (χ1) is 31.3. The molecule has 2 aromatic rings. The molecule has 0 radical (unpaired) electrons. The highest BCUT2D eigenvalue weighted by Gasteiger charge is 2.58. The highest BCUT2D eigenvalue weighted by atomic mass is 31.2. The zero-order valence-electron chi connectivity index (χ0n) is 39.9. The number of rotatable bonds is 24. The molecule has 4 N–H and O–H groups in total. The van der Waals surface area contributed by atoms with Gasteiger partial charge in [-0.1, -0.05) is 74.4 Å². The summed E-state index contributed by atoms with van der Waals surface area (Å²) in [5.74, 6) is -3.54. The summed E-state index contributed by atoms with van der Waals surface area (Å²) in [5, 5.41) is 5.84. The van der Waals surface area contributed by atoms with Crippen LogP contribution < -0.4 is 16.4 Å². The van der Waals surface area contributed by atoms with Crippen LogP contribution in [0, 0.1) is 22.7 Å².